The predicted octanol–water partition coefficient (Wildman–Crippen LogP) is 0.779. The highest BCUT2D eigenvalue weighted by atomic mass is 28.4. The van der Waals surface area contributed by atoms with E-state index in [-0.39, 0.29) is 16.2 Å². The van der Waals surface area contributed by atoms with E-state index in [4.69, 9.17) is 20.6 Å². The van der Waals surface area contributed by atoms with Gasteiger partial charge in [0, 0.05) is 16.2 Å². The Hall–Kier alpha value is -0.459. The summed E-state index contributed by atoms with van der Waals surface area (Å²) in [5.74, 6) is 0. The molecule has 1 saturated carbocycles. The van der Waals surface area contributed by atoms with Crippen LogP contribution in [0.1, 0.15) is 41.5 Å². The maximum Gasteiger partial charge on any atom is 0.286 e. The molecule has 0 saturated heterocycles. The SMILES string of the molecule is C=CC1(C=C)C(C)(C)C(C)(C)C(C)(C)C(C=C)(C=C)C1(C=C)C=C.[SiH3]O[SiH2]O[SiH2]O[SiH2]O[SiH2]O[SiH3]. The molecule has 200 valence electrons. The Balaban J connectivity index is 0.000000883. The first-order chi connectivity index (χ1) is 16.3. The van der Waals surface area contributed by atoms with Gasteiger partial charge in [-0.05, 0) is 16.2 Å². The Morgan fingerprint density at radius 1 is 0.457 bits per heavy atom. The van der Waals surface area contributed by atoms with Crippen LogP contribution in [-0.2, 0) is 20.6 Å². The van der Waals surface area contributed by atoms with Gasteiger partial charge in [0.25, 0.3) is 40.0 Å². The van der Waals surface area contributed by atoms with E-state index in [1.54, 1.807) is 0 Å². The molecule has 0 amide bonds. The van der Waals surface area contributed by atoms with Crippen molar-refractivity contribution in [2.45, 2.75) is 41.5 Å². The van der Waals surface area contributed by atoms with E-state index in [9.17, 15) is 0 Å². The van der Waals surface area contributed by atoms with E-state index >= 15 is 0 Å². The molecule has 0 bridgehead atoms. The molecule has 11 heteroatoms. The van der Waals surface area contributed by atoms with Crippen LogP contribution in [0.3, 0.4) is 0 Å². The van der Waals surface area contributed by atoms with Gasteiger partial charge in [-0.15, -0.1) is 39.5 Å². The molecule has 1 fully saturated rings. The summed E-state index contributed by atoms with van der Waals surface area (Å²) in [5.41, 5.74) is -1.85. The minimum atomic E-state index is -0.754. The van der Waals surface area contributed by atoms with Gasteiger partial charge in [0.05, 0.1) is 0 Å². The summed E-state index contributed by atoms with van der Waals surface area (Å²) in [6.45, 7) is 39.2. The quantitative estimate of drug-likeness (QED) is 0.171. The molecular weight excluding hydrogens is 537 g/mol. The molecule has 1 aliphatic rings. The third-order valence-electron chi connectivity index (χ3n) is 9.23. The highest BCUT2D eigenvalue weighted by molar-refractivity contribution is 6.46. The summed E-state index contributed by atoms with van der Waals surface area (Å²) in [6.07, 6.45) is 12.1. The number of hydrogen-bond donors (Lipinski definition) is 0. The van der Waals surface area contributed by atoms with Crippen LogP contribution in [0.5, 0.6) is 0 Å². The molecule has 0 unspecified atom stereocenters. The molecule has 5 nitrogen and oxygen atoms in total. The molecule has 35 heavy (non-hydrogen) atoms. The second-order valence-electron chi connectivity index (χ2n) is 10.4. The second-order valence-corrected chi connectivity index (χ2v) is 20.8. The topological polar surface area (TPSA) is 46.2 Å². The molecule has 0 radical (unpaired) electrons. The van der Waals surface area contributed by atoms with Crippen LogP contribution < -0.4 is 0 Å². The van der Waals surface area contributed by atoms with E-state index in [0.29, 0.717) is 0 Å². The fraction of sp³-hybridized carbons (Fsp3) is 0.500. The van der Waals surface area contributed by atoms with Crippen LogP contribution in [0, 0.1) is 32.5 Å². The summed E-state index contributed by atoms with van der Waals surface area (Å²) >= 11 is 0. The van der Waals surface area contributed by atoms with E-state index in [1.165, 1.54) is 0 Å². The first-order valence-electron chi connectivity index (χ1n) is 11.8. The molecule has 0 aromatic rings. The van der Waals surface area contributed by atoms with Crippen LogP contribution in [-0.4, -0.2) is 61.0 Å². The normalized spacial score (nSPS) is 23.5. The Morgan fingerprint density at radius 2 is 0.714 bits per heavy atom. The molecule has 0 aliphatic heterocycles. The summed E-state index contributed by atoms with van der Waals surface area (Å²) in [4.78, 5) is 0. The van der Waals surface area contributed by atoms with Gasteiger partial charge in [0.1, 0.15) is 21.0 Å². The lowest BCUT2D eigenvalue weighted by atomic mass is 9.26. The van der Waals surface area contributed by atoms with Gasteiger partial charge in [-0.2, -0.15) is 0 Å². The minimum absolute atomic E-state index is 0.0831. The lowest BCUT2D eigenvalue weighted by Gasteiger charge is -2.76. The third-order valence-corrected chi connectivity index (χ3v) is 15.1. The van der Waals surface area contributed by atoms with E-state index in [0.717, 1.165) is 21.0 Å². The second kappa shape index (κ2) is 13.9. The van der Waals surface area contributed by atoms with E-state index in [2.05, 4.69) is 81.0 Å². The smallest absolute Gasteiger partial charge is 0.286 e. The van der Waals surface area contributed by atoms with Crippen molar-refractivity contribution < 1.29 is 20.6 Å². The molecule has 0 atom stereocenters. The van der Waals surface area contributed by atoms with Gasteiger partial charge >= 0.3 is 0 Å². The number of allylic oxidation sites excluding steroid dienone is 6. The average Bonchev–Trinajstić information content (AvgIpc) is 2.83. The van der Waals surface area contributed by atoms with E-state index in [1.807, 2.05) is 36.5 Å². The Morgan fingerprint density at radius 3 is 0.943 bits per heavy atom. The standard InChI is InChI=1S/C24H36.H14O5Si6/c1-13-22(14-2)20(9,10)19(7,8)21(11,12)23(15-3,16-4)24(22,17-5)18-6;6-1-8-3-10-5-11-4-9-2-7/h13-18H,1-6H2,7-12H3;8-11H2,6-7H3. The number of rotatable bonds is 14. The van der Waals surface area contributed by atoms with Crippen LogP contribution in [0.4, 0.5) is 0 Å². The average molecular weight is 587 g/mol. The molecule has 0 aromatic heterocycles. The fourth-order valence-electron chi connectivity index (χ4n) is 6.20. The van der Waals surface area contributed by atoms with Gasteiger partial charge in [-0.1, -0.05) is 78.0 Å². The first-order valence-corrected chi connectivity index (χ1v) is 18.1. The van der Waals surface area contributed by atoms with Crippen molar-refractivity contribution >= 4 is 61.0 Å². The zero-order valence-corrected chi connectivity index (χ0v) is 33.2. The van der Waals surface area contributed by atoms with Gasteiger partial charge in [0.15, 0.2) is 0 Å². The van der Waals surface area contributed by atoms with Gasteiger partial charge in [-0.3, -0.25) is 0 Å². The zero-order valence-electron chi connectivity index (χ0n) is 23.6. The maximum atomic E-state index is 5.21. The van der Waals surface area contributed by atoms with Gasteiger partial charge < -0.3 is 20.6 Å². The molecule has 0 aromatic carbocycles. The molecule has 1 rings (SSSR count). The lowest BCUT2D eigenvalue weighted by molar-refractivity contribution is -0.218. The summed E-state index contributed by atoms with van der Waals surface area (Å²) in [6, 6.07) is 0. The van der Waals surface area contributed by atoms with Gasteiger partial charge in [-0.25, -0.2) is 0 Å². The summed E-state index contributed by atoms with van der Waals surface area (Å²) in [7, 11) is -1.27. The van der Waals surface area contributed by atoms with Crippen molar-refractivity contribution in [2.24, 2.45) is 32.5 Å². The van der Waals surface area contributed by atoms with Crippen LogP contribution in [0.2, 0.25) is 0 Å². The zero-order chi connectivity index (χ0) is 27.6. The third kappa shape index (κ3) is 5.27. The molecule has 1 aliphatic carbocycles. The monoisotopic (exact) mass is 586 g/mol. The Kier molecular flexibility index (Phi) is 13.7. The fourth-order valence-corrected chi connectivity index (χ4v) is 14.4. The lowest BCUT2D eigenvalue weighted by Crippen LogP contribution is -2.72. The van der Waals surface area contributed by atoms with Crippen molar-refractivity contribution in [2.75, 3.05) is 0 Å². The van der Waals surface area contributed by atoms with Crippen molar-refractivity contribution in [1.82, 2.24) is 0 Å². The largest absolute Gasteiger partial charge is 0.449 e. The van der Waals surface area contributed by atoms with Crippen molar-refractivity contribution in [3.63, 3.8) is 0 Å². The summed E-state index contributed by atoms with van der Waals surface area (Å²) in [5, 5.41) is 0. The number of hydrogen-bond acceptors (Lipinski definition) is 5. The van der Waals surface area contributed by atoms with Crippen LogP contribution in [0.25, 0.3) is 0 Å². The van der Waals surface area contributed by atoms with E-state index < -0.39 is 56.3 Å². The Labute approximate surface area is 230 Å². The molecular formula is C24H50O5Si6. The van der Waals surface area contributed by atoms with Crippen LogP contribution >= 0.6 is 0 Å². The molecule has 0 N–H and O–H groups in total. The Bertz CT molecular complexity index is 690. The highest BCUT2D eigenvalue weighted by Crippen LogP contribution is 2.80. The molecule has 0 spiro atoms. The first kappa shape index (κ1) is 34.5. The van der Waals surface area contributed by atoms with Crippen LogP contribution in [0.15, 0.2) is 75.9 Å². The maximum absolute atomic E-state index is 5.21. The molecule has 0 heterocycles. The van der Waals surface area contributed by atoms with Gasteiger partial charge in [0.2, 0.25) is 0 Å². The summed E-state index contributed by atoms with van der Waals surface area (Å²) < 4.78 is 25.4. The highest BCUT2D eigenvalue weighted by Gasteiger charge is 2.75. The van der Waals surface area contributed by atoms with Crippen molar-refractivity contribution in [1.29, 1.82) is 0 Å². The van der Waals surface area contributed by atoms with Crippen molar-refractivity contribution in [3.8, 4) is 0 Å². The van der Waals surface area contributed by atoms with Crippen molar-refractivity contribution in [3.05, 3.63) is 75.9 Å². The predicted molar refractivity (Wildman–Crippen MR) is 169 cm³/mol. The minimum Gasteiger partial charge on any atom is -0.449 e.